The summed E-state index contributed by atoms with van der Waals surface area (Å²) in [4.78, 5) is 28.4. The fourth-order valence-corrected chi connectivity index (χ4v) is 5.10. The van der Waals surface area contributed by atoms with E-state index in [1.807, 2.05) is 32.4 Å². The molecule has 3 aromatic rings. The Hall–Kier alpha value is -2.92. The lowest BCUT2D eigenvalue weighted by Crippen LogP contribution is -2.47. The molecule has 4 rings (SSSR count). The number of hydrogen-bond acceptors (Lipinski definition) is 9. The van der Waals surface area contributed by atoms with E-state index in [9.17, 15) is 9.18 Å². The quantitative estimate of drug-likeness (QED) is 0.308. The van der Waals surface area contributed by atoms with Gasteiger partial charge in [-0.25, -0.2) is 19.2 Å². The van der Waals surface area contributed by atoms with Crippen LogP contribution in [-0.2, 0) is 4.74 Å². The van der Waals surface area contributed by atoms with Crippen LogP contribution in [0.1, 0.15) is 33.6 Å². The number of thioether (sulfide) groups is 1. The number of anilines is 1. The number of nitrogens with zero attached hydrogens (tertiary/aromatic N) is 4. The van der Waals surface area contributed by atoms with E-state index in [-0.39, 0.29) is 18.0 Å². The summed E-state index contributed by atoms with van der Waals surface area (Å²) in [6, 6.07) is 6.20. The number of benzene rings is 1. The maximum absolute atomic E-state index is 13.4. The Morgan fingerprint density at radius 1 is 1.22 bits per heavy atom. The molecule has 2 aromatic heterocycles. The highest BCUT2D eigenvalue weighted by Crippen LogP contribution is 2.39. The first-order chi connectivity index (χ1) is 17.2. The van der Waals surface area contributed by atoms with E-state index < -0.39 is 5.60 Å². The van der Waals surface area contributed by atoms with Crippen molar-refractivity contribution < 1.29 is 18.7 Å². The van der Waals surface area contributed by atoms with Crippen LogP contribution in [0.4, 0.5) is 15.0 Å². The zero-order valence-corrected chi connectivity index (χ0v) is 22.6. The van der Waals surface area contributed by atoms with Crippen LogP contribution in [0.2, 0.25) is 0 Å². The van der Waals surface area contributed by atoms with E-state index in [0.29, 0.717) is 40.5 Å². The van der Waals surface area contributed by atoms with Crippen molar-refractivity contribution in [3.63, 3.8) is 0 Å². The number of piperidine rings is 1. The average Bonchev–Trinajstić information content (AvgIpc) is 3.32. The Balaban J connectivity index is 1.64. The third-order valence-electron chi connectivity index (χ3n) is 5.50. The van der Waals surface area contributed by atoms with Gasteiger partial charge in [0, 0.05) is 30.1 Å². The molecule has 3 heterocycles. The number of hydrogen-bond donors (Lipinski definition) is 1. The molecule has 1 saturated heterocycles. The summed E-state index contributed by atoms with van der Waals surface area (Å²) in [7, 11) is 1.57. The Morgan fingerprint density at radius 3 is 2.64 bits per heavy atom. The lowest BCUT2D eigenvalue weighted by Gasteiger charge is -2.34. The molecule has 11 heteroatoms. The van der Waals surface area contributed by atoms with Crippen LogP contribution in [0.3, 0.4) is 0 Å². The first-order valence-electron chi connectivity index (χ1n) is 11.6. The number of carbonyl (C=O) groups is 1. The average molecular weight is 532 g/mol. The van der Waals surface area contributed by atoms with Crippen LogP contribution >= 0.6 is 23.1 Å². The summed E-state index contributed by atoms with van der Waals surface area (Å²) >= 11 is 2.85. The summed E-state index contributed by atoms with van der Waals surface area (Å²) < 4.78 is 24.6. The van der Waals surface area contributed by atoms with Gasteiger partial charge in [0.15, 0.2) is 5.16 Å². The van der Waals surface area contributed by atoms with Gasteiger partial charge in [-0.2, -0.15) is 4.98 Å². The van der Waals surface area contributed by atoms with E-state index in [1.165, 1.54) is 35.2 Å². The molecule has 1 amide bonds. The van der Waals surface area contributed by atoms with E-state index in [0.717, 1.165) is 24.1 Å². The zero-order valence-electron chi connectivity index (χ0n) is 21.0. The number of thiazole rings is 1. The van der Waals surface area contributed by atoms with Crippen LogP contribution in [0.25, 0.3) is 21.8 Å². The highest BCUT2D eigenvalue weighted by Gasteiger charge is 2.29. The number of likely N-dealkylation sites (tertiary alicyclic amines) is 1. The van der Waals surface area contributed by atoms with Crippen molar-refractivity contribution in [3.05, 3.63) is 35.5 Å². The predicted octanol–water partition coefficient (Wildman–Crippen LogP) is 5.95. The summed E-state index contributed by atoms with van der Waals surface area (Å²) in [5.74, 6) is 0.718. The largest absolute Gasteiger partial charge is 0.480 e. The van der Waals surface area contributed by atoms with Crippen molar-refractivity contribution >= 4 is 35.0 Å². The number of carbonyl (C=O) groups excluding carboxylic acids is 1. The SMILES string of the molecule is COc1nc(SC)nc(NC2CCCN(C(=O)OC(C)(C)C)C2)c1-c1nc(-c2ccc(F)cc2)cs1. The van der Waals surface area contributed by atoms with Gasteiger partial charge < -0.3 is 19.7 Å². The molecule has 192 valence electrons. The van der Waals surface area contributed by atoms with Crippen molar-refractivity contribution in [3.8, 4) is 27.7 Å². The van der Waals surface area contributed by atoms with Crippen molar-refractivity contribution in [1.82, 2.24) is 19.9 Å². The number of ether oxygens (including phenoxy) is 2. The second kappa shape index (κ2) is 11.0. The number of nitrogens with one attached hydrogen (secondary N) is 1. The second-order valence-electron chi connectivity index (χ2n) is 9.40. The molecule has 1 fully saturated rings. The molecule has 8 nitrogen and oxygen atoms in total. The van der Waals surface area contributed by atoms with Crippen LogP contribution in [0, 0.1) is 5.82 Å². The van der Waals surface area contributed by atoms with Crippen LogP contribution in [-0.4, -0.2) is 64.0 Å². The van der Waals surface area contributed by atoms with Crippen LogP contribution in [0.5, 0.6) is 5.88 Å². The lowest BCUT2D eigenvalue weighted by molar-refractivity contribution is 0.0206. The first kappa shape index (κ1) is 26.2. The number of methoxy groups -OCH3 is 1. The highest BCUT2D eigenvalue weighted by atomic mass is 32.2. The normalized spacial score (nSPS) is 16.1. The van der Waals surface area contributed by atoms with Gasteiger partial charge in [-0.15, -0.1) is 11.3 Å². The third kappa shape index (κ3) is 6.25. The fraction of sp³-hybridized carbons (Fsp3) is 0.440. The van der Waals surface area contributed by atoms with Crippen LogP contribution in [0.15, 0.2) is 34.8 Å². The molecule has 0 radical (unpaired) electrons. The van der Waals surface area contributed by atoms with Crippen molar-refractivity contribution in [1.29, 1.82) is 0 Å². The molecule has 1 atom stereocenters. The predicted molar refractivity (Wildman–Crippen MR) is 141 cm³/mol. The molecular formula is C25H30FN5O3S2. The van der Waals surface area contributed by atoms with E-state index in [4.69, 9.17) is 19.4 Å². The molecule has 0 saturated carbocycles. The van der Waals surface area contributed by atoms with Gasteiger partial charge >= 0.3 is 6.09 Å². The standard InChI is InChI=1S/C25H30FN5O3S2/c1-25(2,3)34-24(32)31-12-6-7-17(13-31)27-20-19(21(33-4)30-23(29-20)35-5)22-28-18(14-36-22)15-8-10-16(26)11-9-15/h8-11,14,17H,6-7,12-13H2,1-5H3,(H,27,29,30). The van der Waals surface area contributed by atoms with E-state index in [2.05, 4.69) is 10.3 Å². The Labute approximate surface area is 218 Å². The smallest absolute Gasteiger partial charge is 0.410 e. The molecule has 36 heavy (non-hydrogen) atoms. The first-order valence-corrected chi connectivity index (χ1v) is 13.7. The Bertz CT molecular complexity index is 1210. The van der Waals surface area contributed by atoms with Crippen molar-refractivity contribution in [2.75, 3.05) is 31.8 Å². The van der Waals surface area contributed by atoms with Gasteiger partial charge in [-0.1, -0.05) is 11.8 Å². The van der Waals surface area contributed by atoms with E-state index >= 15 is 0 Å². The number of amides is 1. The summed E-state index contributed by atoms with van der Waals surface area (Å²) in [6.45, 7) is 6.73. The summed E-state index contributed by atoms with van der Waals surface area (Å²) in [5.41, 5.74) is 1.65. The minimum absolute atomic E-state index is 0.0316. The fourth-order valence-electron chi connectivity index (χ4n) is 3.88. The highest BCUT2D eigenvalue weighted by molar-refractivity contribution is 7.98. The Morgan fingerprint density at radius 2 is 1.97 bits per heavy atom. The van der Waals surface area contributed by atoms with E-state index in [1.54, 1.807) is 24.1 Å². The number of aromatic nitrogens is 3. The molecule has 1 aliphatic rings. The Kier molecular flexibility index (Phi) is 7.99. The third-order valence-corrected chi connectivity index (χ3v) is 6.91. The van der Waals surface area contributed by atoms with Gasteiger partial charge in [0.1, 0.15) is 27.8 Å². The minimum Gasteiger partial charge on any atom is -0.480 e. The molecule has 0 spiro atoms. The lowest BCUT2D eigenvalue weighted by atomic mass is 10.1. The maximum atomic E-state index is 13.4. The topological polar surface area (TPSA) is 89.5 Å². The van der Waals surface area contributed by atoms with Gasteiger partial charge in [-0.3, -0.25) is 0 Å². The minimum atomic E-state index is -0.551. The maximum Gasteiger partial charge on any atom is 0.410 e. The van der Waals surface area contributed by atoms with Gasteiger partial charge in [-0.05, 0) is 64.1 Å². The number of rotatable bonds is 6. The van der Waals surface area contributed by atoms with Gasteiger partial charge in [0.2, 0.25) is 5.88 Å². The molecular weight excluding hydrogens is 501 g/mol. The van der Waals surface area contributed by atoms with Crippen molar-refractivity contribution in [2.45, 2.75) is 50.4 Å². The molecule has 1 aliphatic heterocycles. The van der Waals surface area contributed by atoms with Gasteiger partial charge in [0.25, 0.3) is 0 Å². The second-order valence-corrected chi connectivity index (χ2v) is 11.0. The van der Waals surface area contributed by atoms with Crippen LogP contribution < -0.4 is 10.1 Å². The zero-order chi connectivity index (χ0) is 25.9. The monoisotopic (exact) mass is 531 g/mol. The van der Waals surface area contributed by atoms with Gasteiger partial charge in [0.05, 0.1) is 12.8 Å². The number of halogens is 1. The summed E-state index contributed by atoms with van der Waals surface area (Å²) in [6.07, 6.45) is 3.30. The molecule has 1 aromatic carbocycles. The summed E-state index contributed by atoms with van der Waals surface area (Å²) in [5, 5.41) is 6.69. The molecule has 1 N–H and O–H groups in total. The molecule has 0 bridgehead atoms. The van der Waals surface area contributed by atoms with Crippen molar-refractivity contribution in [2.24, 2.45) is 0 Å². The molecule has 1 unspecified atom stereocenters. The molecule has 0 aliphatic carbocycles.